The number of aromatic carboxylic acids is 1. The van der Waals surface area contributed by atoms with E-state index in [0.717, 1.165) is 16.9 Å². The summed E-state index contributed by atoms with van der Waals surface area (Å²) < 4.78 is 1.65. The molecule has 0 radical (unpaired) electrons. The van der Waals surface area contributed by atoms with E-state index in [9.17, 15) is 9.59 Å². The summed E-state index contributed by atoms with van der Waals surface area (Å²) in [6.07, 6.45) is 3.48. The highest BCUT2D eigenvalue weighted by atomic mass is 32.1. The highest BCUT2D eigenvalue weighted by Crippen LogP contribution is 2.17. The maximum Gasteiger partial charge on any atom is 0.347 e. The van der Waals surface area contributed by atoms with E-state index in [0.29, 0.717) is 17.2 Å². The first-order chi connectivity index (χ1) is 9.95. The van der Waals surface area contributed by atoms with Crippen LogP contribution in [0.1, 0.15) is 25.9 Å². The van der Waals surface area contributed by atoms with Crippen LogP contribution in [0.5, 0.6) is 0 Å². The third kappa shape index (κ3) is 4.02. The molecule has 0 aromatic carbocycles. The molecule has 2 rings (SSSR count). The molecule has 8 nitrogen and oxygen atoms in total. The van der Waals surface area contributed by atoms with Gasteiger partial charge in [0, 0.05) is 25.4 Å². The summed E-state index contributed by atoms with van der Waals surface area (Å²) in [6, 6.07) is -0.344. The molecule has 0 saturated heterocycles. The van der Waals surface area contributed by atoms with E-state index in [1.165, 1.54) is 0 Å². The number of rotatable bonds is 5. The van der Waals surface area contributed by atoms with Gasteiger partial charge in [-0.05, 0) is 6.92 Å². The molecule has 0 aliphatic carbocycles. The Morgan fingerprint density at radius 1 is 1.38 bits per heavy atom. The number of urea groups is 1. The monoisotopic (exact) mass is 309 g/mol. The minimum Gasteiger partial charge on any atom is -0.477 e. The van der Waals surface area contributed by atoms with E-state index in [1.54, 1.807) is 24.9 Å². The van der Waals surface area contributed by atoms with Gasteiger partial charge in [-0.3, -0.25) is 4.68 Å². The maximum atomic E-state index is 11.6. The van der Waals surface area contributed by atoms with Gasteiger partial charge in [-0.25, -0.2) is 14.6 Å². The average molecular weight is 309 g/mol. The molecule has 9 heteroatoms. The summed E-state index contributed by atoms with van der Waals surface area (Å²) in [5.74, 6) is -1.00. The molecule has 0 spiro atoms. The van der Waals surface area contributed by atoms with E-state index in [-0.39, 0.29) is 17.5 Å². The number of carbonyl (C=O) groups is 2. The van der Waals surface area contributed by atoms with E-state index in [2.05, 4.69) is 20.7 Å². The van der Waals surface area contributed by atoms with E-state index in [4.69, 9.17) is 5.11 Å². The Kier molecular flexibility index (Phi) is 4.53. The first-order valence-electron chi connectivity index (χ1n) is 6.14. The molecule has 0 fully saturated rings. The third-order valence-corrected chi connectivity index (χ3v) is 3.79. The van der Waals surface area contributed by atoms with Gasteiger partial charge in [0.25, 0.3) is 0 Å². The molecule has 2 amide bonds. The fourth-order valence-electron chi connectivity index (χ4n) is 1.69. The van der Waals surface area contributed by atoms with Gasteiger partial charge in [0.1, 0.15) is 9.88 Å². The van der Waals surface area contributed by atoms with Crippen molar-refractivity contribution in [2.45, 2.75) is 20.0 Å². The number of carboxylic acid groups (broad SMARTS) is 1. The second kappa shape index (κ2) is 6.35. The zero-order valence-corrected chi connectivity index (χ0v) is 12.4. The number of aryl methyl sites for hydroxylation is 2. The Hall–Kier alpha value is -2.42. The largest absolute Gasteiger partial charge is 0.477 e. The number of thiazole rings is 1. The second-order valence-corrected chi connectivity index (χ2v) is 5.47. The summed E-state index contributed by atoms with van der Waals surface area (Å²) in [4.78, 5) is 26.8. The predicted molar refractivity (Wildman–Crippen MR) is 76.1 cm³/mol. The molecule has 3 N–H and O–H groups in total. The lowest BCUT2D eigenvalue weighted by Gasteiger charge is -2.04. The van der Waals surface area contributed by atoms with Crippen molar-refractivity contribution in [3.8, 4) is 0 Å². The molecule has 0 atom stereocenters. The average Bonchev–Trinajstić information content (AvgIpc) is 3.00. The Morgan fingerprint density at radius 2 is 2.10 bits per heavy atom. The second-order valence-electron chi connectivity index (χ2n) is 4.39. The maximum absolute atomic E-state index is 11.6. The minimum absolute atomic E-state index is 0.192. The van der Waals surface area contributed by atoms with E-state index < -0.39 is 5.97 Å². The number of carbonyl (C=O) groups excluding carboxylic acids is 1. The standard InChI is InChI=1S/C12H15N5O3S/c1-7-10(11(18)19)21-9(16-7)5-14-12(20)13-3-8-4-15-17(2)6-8/h4,6H,3,5H2,1-2H3,(H,18,19)(H2,13,14,20). The topological polar surface area (TPSA) is 109 Å². The number of aromatic nitrogens is 3. The predicted octanol–water partition coefficient (Wildman–Crippen LogP) is 0.883. The number of hydrogen-bond acceptors (Lipinski definition) is 5. The van der Waals surface area contributed by atoms with Gasteiger partial charge >= 0.3 is 12.0 Å². The van der Waals surface area contributed by atoms with Crippen LogP contribution in [-0.4, -0.2) is 31.9 Å². The lowest BCUT2D eigenvalue weighted by Crippen LogP contribution is -2.34. The summed E-state index contributed by atoms with van der Waals surface area (Å²) >= 11 is 1.06. The molecule has 2 aromatic heterocycles. The Morgan fingerprint density at radius 3 is 2.67 bits per heavy atom. The van der Waals surface area contributed by atoms with Gasteiger partial charge in [0.2, 0.25) is 0 Å². The first-order valence-corrected chi connectivity index (χ1v) is 6.96. The minimum atomic E-state index is -1.00. The van der Waals surface area contributed by atoms with Gasteiger partial charge in [0.15, 0.2) is 0 Å². The van der Waals surface area contributed by atoms with Crippen molar-refractivity contribution in [3.05, 3.63) is 33.5 Å². The van der Waals surface area contributed by atoms with Crippen LogP contribution in [0.3, 0.4) is 0 Å². The van der Waals surface area contributed by atoms with Gasteiger partial charge in [0.05, 0.1) is 18.4 Å². The van der Waals surface area contributed by atoms with Crippen molar-refractivity contribution in [1.82, 2.24) is 25.4 Å². The highest BCUT2D eigenvalue weighted by Gasteiger charge is 2.14. The molecule has 2 heterocycles. The van der Waals surface area contributed by atoms with Crippen LogP contribution < -0.4 is 10.6 Å². The zero-order valence-electron chi connectivity index (χ0n) is 11.6. The number of hydrogen-bond donors (Lipinski definition) is 3. The molecule has 0 saturated carbocycles. The summed E-state index contributed by atoms with van der Waals surface area (Å²) in [5, 5.41) is 18.8. The number of carboxylic acids is 1. The van der Waals surface area contributed by atoms with Crippen LogP contribution >= 0.6 is 11.3 Å². The molecule has 0 unspecified atom stereocenters. The van der Waals surface area contributed by atoms with Crippen molar-refractivity contribution in [2.75, 3.05) is 0 Å². The summed E-state index contributed by atoms with van der Waals surface area (Å²) in [5.41, 5.74) is 1.35. The molecular formula is C12H15N5O3S. The van der Waals surface area contributed by atoms with Crippen LogP contribution in [0.4, 0.5) is 4.79 Å². The molecule has 0 bridgehead atoms. The van der Waals surface area contributed by atoms with Crippen molar-refractivity contribution in [2.24, 2.45) is 7.05 Å². The summed E-state index contributed by atoms with van der Waals surface area (Å²) in [6.45, 7) is 2.19. The normalized spacial score (nSPS) is 10.4. The van der Waals surface area contributed by atoms with Crippen LogP contribution in [0.2, 0.25) is 0 Å². The molecular weight excluding hydrogens is 294 g/mol. The van der Waals surface area contributed by atoms with E-state index in [1.807, 2.05) is 6.20 Å². The van der Waals surface area contributed by atoms with Gasteiger partial charge in [-0.1, -0.05) is 0 Å². The fraction of sp³-hybridized carbons (Fsp3) is 0.333. The summed E-state index contributed by atoms with van der Waals surface area (Å²) in [7, 11) is 1.80. The smallest absolute Gasteiger partial charge is 0.347 e. The number of nitrogens with zero attached hydrogens (tertiary/aromatic N) is 3. The van der Waals surface area contributed by atoms with Crippen LogP contribution in [0, 0.1) is 6.92 Å². The van der Waals surface area contributed by atoms with Crippen molar-refractivity contribution in [1.29, 1.82) is 0 Å². The molecule has 21 heavy (non-hydrogen) atoms. The quantitative estimate of drug-likeness (QED) is 0.759. The van der Waals surface area contributed by atoms with Crippen LogP contribution in [0.15, 0.2) is 12.4 Å². The first kappa shape index (κ1) is 15.0. The zero-order chi connectivity index (χ0) is 15.4. The molecule has 0 aliphatic heterocycles. The molecule has 2 aromatic rings. The van der Waals surface area contributed by atoms with Gasteiger partial charge in [-0.2, -0.15) is 5.10 Å². The molecule has 0 aliphatic rings. The number of nitrogens with one attached hydrogen (secondary N) is 2. The molecule has 112 valence electrons. The Bertz CT molecular complexity index is 664. The lowest BCUT2D eigenvalue weighted by molar-refractivity contribution is 0.0701. The Balaban J connectivity index is 1.81. The van der Waals surface area contributed by atoms with Crippen LogP contribution in [-0.2, 0) is 20.1 Å². The van der Waals surface area contributed by atoms with Gasteiger partial charge < -0.3 is 15.7 Å². The van der Waals surface area contributed by atoms with E-state index >= 15 is 0 Å². The highest BCUT2D eigenvalue weighted by molar-refractivity contribution is 7.13. The van der Waals surface area contributed by atoms with Crippen molar-refractivity contribution >= 4 is 23.3 Å². The fourth-order valence-corrected chi connectivity index (χ4v) is 2.53. The third-order valence-electron chi connectivity index (χ3n) is 2.65. The number of amides is 2. The van der Waals surface area contributed by atoms with Crippen molar-refractivity contribution in [3.63, 3.8) is 0 Å². The van der Waals surface area contributed by atoms with Gasteiger partial charge in [-0.15, -0.1) is 11.3 Å². The van der Waals surface area contributed by atoms with Crippen molar-refractivity contribution < 1.29 is 14.7 Å². The lowest BCUT2D eigenvalue weighted by atomic mass is 10.4. The van der Waals surface area contributed by atoms with Crippen LogP contribution in [0.25, 0.3) is 0 Å². The Labute approximate surface area is 124 Å². The SMILES string of the molecule is Cc1nc(CNC(=O)NCc2cnn(C)c2)sc1C(=O)O.